The summed E-state index contributed by atoms with van der Waals surface area (Å²) in [5, 5.41) is 17.1. The predicted molar refractivity (Wildman–Crippen MR) is 90.5 cm³/mol. The van der Waals surface area contributed by atoms with Gasteiger partial charge in [0.25, 0.3) is 11.1 Å². The van der Waals surface area contributed by atoms with E-state index in [0.717, 1.165) is 5.56 Å². The van der Waals surface area contributed by atoms with Crippen molar-refractivity contribution in [2.75, 3.05) is 0 Å². The number of hydrogen-bond donors (Lipinski definition) is 0. The van der Waals surface area contributed by atoms with Crippen LogP contribution in [0.1, 0.15) is 30.0 Å². The monoisotopic (exact) mass is 355 g/mol. The van der Waals surface area contributed by atoms with Crippen LogP contribution in [0.15, 0.2) is 58.2 Å². The first-order valence-electron chi connectivity index (χ1n) is 7.52. The number of para-hydroxylation sites is 1. The number of hydrogen-bond acceptors (Lipinski definition) is 6. The van der Waals surface area contributed by atoms with Crippen molar-refractivity contribution in [1.29, 1.82) is 5.26 Å². The molecule has 25 heavy (non-hydrogen) atoms. The van der Waals surface area contributed by atoms with E-state index in [2.05, 4.69) is 16.3 Å². The standard InChI is InChI=1S/C18H14FN3O2S/c1-12(23-16-5-3-2-4-15(16)19)17-21-22-18(24-17)25-11-14-8-6-13(10-20)7-9-14/h2-9,12H,11H2,1H3/t12-/m1/s1. The molecule has 5 nitrogen and oxygen atoms in total. The van der Waals surface area contributed by atoms with Crippen molar-refractivity contribution in [3.63, 3.8) is 0 Å². The van der Waals surface area contributed by atoms with Gasteiger partial charge in [-0.15, -0.1) is 10.2 Å². The molecule has 0 fully saturated rings. The van der Waals surface area contributed by atoms with Gasteiger partial charge in [0.1, 0.15) is 0 Å². The van der Waals surface area contributed by atoms with E-state index in [-0.39, 0.29) is 11.6 Å². The van der Waals surface area contributed by atoms with E-state index in [4.69, 9.17) is 14.4 Å². The molecule has 2 aromatic carbocycles. The van der Waals surface area contributed by atoms with Crippen LogP contribution in [0.4, 0.5) is 4.39 Å². The van der Waals surface area contributed by atoms with E-state index in [9.17, 15) is 4.39 Å². The van der Waals surface area contributed by atoms with E-state index in [0.29, 0.717) is 16.5 Å². The molecular formula is C18H14FN3O2S. The molecular weight excluding hydrogens is 341 g/mol. The van der Waals surface area contributed by atoms with Gasteiger partial charge in [-0.2, -0.15) is 5.26 Å². The highest BCUT2D eigenvalue weighted by atomic mass is 32.2. The Hall–Kier alpha value is -2.85. The third kappa shape index (κ3) is 4.37. The maximum atomic E-state index is 13.6. The lowest BCUT2D eigenvalue weighted by Crippen LogP contribution is -2.04. The summed E-state index contributed by atoms with van der Waals surface area (Å²) in [6.45, 7) is 1.72. The first kappa shape index (κ1) is 17.0. The number of thioether (sulfide) groups is 1. The Labute approximate surface area is 148 Å². The molecule has 7 heteroatoms. The SMILES string of the molecule is C[C@@H](Oc1ccccc1F)c1nnc(SCc2ccc(C#N)cc2)o1. The smallest absolute Gasteiger partial charge is 0.277 e. The van der Waals surface area contributed by atoms with Gasteiger partial charge in [0, 0.05) is 5.75 Å². The molecule has 0 aliphatic carbocycles. The molecule has 0 unspecified atom stereocenters. The van der Waals surface area contributed by atoms with Crippen molar-refractivity contribution in [3.05, 3.63) is 71.4 Å². The Bertz CT molecular complexity index is 890. The summed E-state index contributed by atoms with van der Waals surface area (Å²) in [5.74, 6) is 0.616. The molecule has 3 aromatic rings. The van der Waals surface area contributed by atoms with E-state index in [1.54, 1.807) is 37.3 Å². The van der Waals surface area contributed by atoms with E-state index >= 15 is 0 Å². The Kier molecular flexibility index (Phi) is 5.31. The van der Waals surface area contributed by atoms with Gasteiger partial charge in [-0.1, -0.05) is 36.0 Å². The second-order valence-corrected chi connectivity index (χ2v) is 6.12. The average molecular weight is 355 g/mol. The second kappa shape index (κ2) is 7.81. The van der Waals surface area contributed by atoms with Crippen LogP contribution < -0.4 is 4.74 Å². The minimum absolute atomic E-state index is 0.139. The van der Waals surface area contributed by atoms with E-state index in [1.807, 2.05) is 12.1 Å². The van der Waals surface area contributed by atoms with Crippen molar-refractivity contribution < 1.29 is 13.5 Å². The molecule has 3 rings (SSSR count). The summed E-state index contributed by atoms with van der Waals surface area (Å²) in [5.41, 5.74) is 1.66. The molecule has 0 N–H and O–H groups in total. The summed E-state index contributed by atoms with van der Waals surface area (Å²) in [4.78, 5) is 0. The van der Waals surface area contributed by atoms with Crippen LogP contribution in [0, 0.1) is 17.1 Å². The molecule has 0 saturated carbocycles. The number of ether oxygens (including phenoxy) is 1. The third-order valence-corrected chi connectivity index (χ3v) is 4.25. The lowest BCUT2D eigenvalue weighted by molar-refractivity contribution is 0.174. The lowest BCUT2D eigenvalue weighted by Gasteiger charge is -2.11. The zero-order chi connectivity index (χ0) is 17.6. The highest BCUT2D eigenvalue weighted by Crippen LogP contribution is 2.27. The summed E-state index contributed by atoms with van der Waals surface area (Å²) in [6.07, 6.45) is -0.561. The zero-order valence-electron chi connectivity index (χ0n) is 13.3. The number of aromatic nitrogens is 2. The Morgan fingerprint density at radius 1 is 1.20 bits per heavy atom. The Balaban J connectivity index is 1.59. The maximum Gasteiger partial charge on any atom is 0.277 e. The van der Waals surface area contributed by atoms with Gasteiger partial charge in [0.15, 0.2) is 17.7 Å². The van der Waals surface area contributed by atoms with Crippen molar-refractivity contribution in [2.24, 2.45) is 0 Å². The molecule has 0 bridgehead atoms. The number of halogens is 1. The number of benzene rings is 2. The van der Waals surface area contributed by atoms with Crippen molar-refractivity contribution in [1.82, 2.24) is 10.2 Å². The average Bonchev–Trinajstić information content (AvgIpc) is 3.11. The topological polar surface area (TPSA) is 71.9 Å². The van der Waals surface area contributed by atoms with Crippen LogP contribution in [0.2, 0.25) is 0 Å². The summed E-state index contributed by atoms with van der Waals surface area (Å²) in [6, 6.07) is 15.5. The van der Waals surface area contributed by atoms with Gasteiger partial charge >= 0.3 is 0 Å². The summed E-state index contributed by atoms with van der Waals surface area (Å²) >= 11 is 1.38. The fourth-order valence-electron chi connectivity index (χ4n) is 2.04. The van der Waals surface area contributed by atoms with Gasteiger partial charge in [-0.3, -0.25) is 0 Å². The molecule has 0 aliphatic rings. The Morgan fingerprint density at radius 3 is 2.68 bits per heavy atom. The highest BCUT2D eigenvalue weighted by Gasteiger charge is 2.17. The largest absolute Gasteiger partial charge is 0.478 e. The number of nitrogens with zero attached hydrogens (tertiary/aromatic N) is 3. The van der Waals surface area contributed by atoms with Gasteiger partial charge in [-0.25, -0.2) is 4.39 Å². The molecule has 1 heterocycles. The lowest BCUT2D eigenvalue weighted by atomic mass is 10.2. The summed E-state index contributed by atoms with van der Waals surface area (Å²) < 4.78 is 24.7. The minimum Gasteiger partial charge on any atom is -0.478 e. The maximum absolute atomic E-state index is 13.6. The van der Waals surface area contributed by atoms with Crippen molar-refractivity contribution >= 4 is 11.8 Å². The normalized spacial score (nSPS) is 11.7. The minimum atomic E-state index is -0.561. The van der Waals surface area contributed by atoms with Crippen LogP contribution in [0.25, 0.3) is 0 Å². The molecule has 1 atom stereocenters. The fraction of sp³-hybridized carbons (Fsp3) is 0.167. The predicted octanol–water partition coefficient (Wildman–Crippen LogP) is 4.51. The molecule has 0 saturated heterocycles. The number of rotatable bonds is 6. The number of nitriles is 1. The van der Waals surface area contributed by atoms with E-state index < -0.39 is 11.9 Å². The van der Waals surface area contributed by atoms with Gasteiger partial charge < -0.3 is 9.15 Å². The fourth-order valence-corrected chi connectivity index (χ4v) is 2.77. The Morgan fingerprint density at radius 2 is 1.96 bits per heavy atom. The molecule has 126 valence electrons. The van der Waals surface area contributed by atoms with Crippen molar-refractivity contribution in [2.45, 2.75) is 24.0 Å². The molecule has 0 radical (unpaired) electrons. The van der Waals surface area contributed by atoms with Crippen LogP contribution in [0.3, 0.4) is 0 Å². The van der Waals surface area contributed by atoms with Gasteiger partial charge in [0.2, 0.25) is 0 Å². The first-order chi connectivity index (χ1) is 12.2. The van der Waals surface area contributed by atoms with Crippen LogP contribution in [-0.2, 0) is 5.75 Å². The van der Waals surface area contributed by atoms with Crippen LogP contribution in [0.5, 0.6) is 5.75 Å². The first-order valence-corrected chi connectivity index (χ1v) is 8.50. The zero-order valence-corrected chi connectivity index (χ0v) is 14.2. The third-order valence-electron chi connectivity index (χ3n) is 3.36. The molecule has 0 aliphatic heterocycles. The van der Waals surface area contributed by atoms with Crippen LogP contribution in [-0.4, -0.2) is 10.2 Å². The second-order valence-electron chi connectivity index (χ2n) is 5.19. The van der Waals surface area contributed by atoms with Crippen LogP contribution >= 0.6 is 11.8 Å². The van der Waals surface area contributed by atoms with Crippen molar-refractivity contribution in [3.8, 4) is 11.8 Å². The van der Waals surface area contributed by atoms with Gasteiger partial charge in [0.05, 0.1) is 11.6 Å². The van der Waals surface area contributed by atoms with Gasteiger partial charge in [-0.05, 0) is 36.8 Å². The quantitative estimate of drug-likeness (QED) is 0.606. The molecule has 0 spiro atoms. The summed E-state index contributed by atoms with van der Waals surface area (Å²) in [7, 11) is 0. The highest BCUT2D eigenvalue weighted by molar-refractivity contribution is 7.98. The van der Waals surface area contributed by atoms with E-state index in [1.165, 1.54) is 17.8 Å². The molecule has 1 aromatic heterocycles. The molecule has 0 amide bonds.